The minimum atomic E-state index is -0.391. The van der Waals surface area contributed by atoms with Crippen molar-refractivity contribution in [3.8, 4) is 0 Å². The van der Waals surface area contributed by atoms with E-state index in [1.807, 2.05) is 6.92 Å². The van der Waals surface area contributed by atoms with Crippen molar-refractivity contribution < 1.29 is 4.39 Å². The van der Waals surface area contributed by atoms with Gasteiger partial charge in [0.1, 0.15) is 0 Å². The van der Waals surface area contributed by atoms with E-state index in [9.17, 15) is 9.18 Å². The molecule has 0 spiro atoms. The third-order valence-electron chi connectivity index (χ3n) is 1.71. The van der Waals surface area contributed by atoms with Crippen LogP contribution < -0.4 is 5.56 Å². The van der Waals surface area contributed by atoms with Gasteiger partial charge in [-0.3, -0.25) is 9.18 Å². The van der Waals surface area contributed by atoms with Gasteiger partial charge in [0.05, 0.1) is 11.1 Å². The lowest BCUT2D eigenvalue weighted by molar-refractivity contribution is 0.443. The Kier molecular flexibility index (Phi) is 3.66. The number of nitrogens with zero attached hydrogens (tertiary/aromatic N) is 1. The van der Waals surface area contributed by atoms with Crippen LogP contribution >= 0.6 is 15.9 Å². The summed E-state index contributed by atoms with van der Waals surface area (Å²) in [6, 6.07) is 1.76. The fourth-order valence-electron chi connectivity index (χ4n) is 1.14. The monoisotopic (exact) mass is 247 g/mol. The molecule has 0 aliphatic rings. The van der Waals surface area contributed by atoms with Crippen molar-refractivity contribution in [1.82, 2.24) is 4.57 Å². The van der Waals surface area contributed by atoms with Crippen LogP contribution in [0.15, 0.2) is 21.5 Å². The van der Waals surface area contributed by atoms with Gasteiger partial charge in [0, 0.05) is 12.7 Å². The molecule has 0 unspecified atom stereocenters. The van der Waals surface area contributed by atoms with Gasteiger partial charge in [0.25, 0.3) is 5.56 Å². The molecule has 1 aromatic rings. The molecule has 0 saturated heterocycles. The molecule has 0 bridgehead atoms. The molecule has 1 rings (SSSR count). The first kappa shape index (κ1) is 10.4. The zero-order valence-electron chi connectivity index (χ0n) is 7.39. The summed E-state index contributed by atoms with van der Waals surface area (Å²) in [5.41, 5.74) is 0.893. The van der Waals surface area contributed by atoms with Crippen LogP contribution in [0.4, 0.5) is 4.39 Å². The summed E-state index contributed by atoms with van der Waals surface area (Å²) < 4.78 is 13.9. The van der Waals surface area contributed by atoms with Crippen molar-refractivity contribution in [3.05, 3.63) is 32.7 Å². The molecule has 0 atom stereocenters. The zero-order valence-corrected chi connectivity index (χ0v) is 8.97. The Balaban J connectivity index is 2.99. The molecule has 0 aliphatic carbocycles. The average Bonchev–Trinajstić information content (AvgIpc) is 2.09. The van der Waals surface area contributed by atoms with Crippen LogP contribution in [0.5, 0.6) is 0 Å². The number of pyridine rings is 1. The third kappa shape index (κ3) is 2.66. The van der Waals surface area contributed by atoms with E-state index >= 15 is 0 Å². The lowest BCUT2D eigenvalue weighted by Gasteiger charge is -2.05. The Hall–Kier alpha value is -0.640. The van der Waals surface area contributed by atoms with E-state index < -0.39 is 6.67 Å². The molecule has 0 amide bonds. The SMILES string of the molecule is Cc1cc(Br)c(=O)n(CCCF)c1. The predicted octanol–water partition coefficient (Wildman–Crippen LogP) is 2.28. The maximum atomic E-state index is 11.9. The van der Waals surface area contributed by atoms with Gasteiger partial charge in [-0.15, -0.1) is 0 Å². The summed E-state index contributed by atoms with van der Waals surface area (Å²) in [7, 11) is 0. The summed E-state index contributed by atoms with van der Waals surface area (Å²) >= 11 is 3.16. The number of rotatable bonds is 3. The highest BCUT2D eigenvalue weighted by molar-refractivity contribution is 9.10. The number of hydrogen-bond donors (Lipinski definition) is 0. The Bertz CT molecular complexity index is 348. The van der Waals surface area contributed by atoms with Gasteiger partial charge < -0.3 is 4.57 Å². The van der Waals surface area contributed by atoms with Gasteiger partial charge in [-0.2, -0.15) is 0 Å². The normalized spacial score (nSPS) is 10.4. The van der Waals surface area contributed by atoms with Crippen molar-refractivity contribution in [3.63, 3.8) is 0 Å². The Labute approximate surface area is 84.5 Å². The van der Waals surface area contributed by atoms with E-state index in [-0.39, 0.29) is 5.56 Å². The second kappa shape index (κ2) is 4.56. The summed E-state index contributed by atoms with van der Waals surface area (Å²) in [5.74, 6) is 0. The van der Waals surface area contributed by atoms with E-state index in [0.29, 0.717) is 17.4 Å². The van der Waals surface area contributed by atoms with Gasteiger partial charge >= 0.3 is 0 Å². The molecule has 0 radical (unpaired) electrons. The summed E-state index contributed by atoms with van der Waals surface area (Å²) in [6.07, 6.45) is 2.12. The van der Waals surface area contributed by atoms with Gasteiger partial charge in [0.15, 0.2) is 0 Å². The average molecular weight is 248 g/mol. The smallest absolute Gasteiger partial charge is 0.264 e. The molecule has 0 fully saturated rings. The van der Waals surface area contributed by atoms with Gasteiger partial charge in [-0.25, -0.2) is 0 Å². The largest absolute Gasteiger partial charge is 0.314 e. The second-order valence-electron chi connectivity index (χ2n) is 2.91. The molecule has 72 valence electrons. The van der Waals surface area contributed by atoms with E-state index in [1.165, 1.54) is 4.57 Å². The molecule has 13 heavy (non-hydrogen) atoms. The lowest BCUT2D eigenvalue weighted by atomic mass is 10.3. The molecule has 4 heteroatoms. The van der Waals surface area contributed by atoms with Gasteiger partial charge in [0.2, 0.25) is 0 Å². The van der Waals surface area contributed by atoms with Crippen molar-refractivity contribution in [2.24, 2.45) is 0 Å². The highest BCUT2D eigenvalue weighted by Gasteiger charge is 2.01. The van der Waals surface area contributed by atoms with Crippen molar-refractivity contribution in [1.29, 1.82) is 0 Å². The maximum absolute atomic E-state index is 11.9. The topological polar surface area (TPSA) is 22.0 Å². The molecule has 0 aliphatic heterocycles. The summed E-state index contributed by atoms with van der Waals surface area (Å²) in [6.45, 7) is 1.95. The van der Waals surface area contributed by atoms with Crippen molar-refractivity contribution in [2.45, 2.75) is 19.9 Å². The predicted molar refractivity (Wildman–Crippen MR) is 53.7 cm³/mol. The number of alkyl halides is 1. The molecular weight excluding hydrogens is 237 g/mol. The number of aromatic nitrogens is 1. The Morgan fingerprint density at radius 1 is 1.62 bits per heavy atom. The minimum Gasteiger partial charge on any atom is -0.314 e. The molecule has 1 heterocycles. The summed E-state index contributed by atoms with van der Waals surface area (Å²) in [4.78, 5) is 11.4. The van der Waals surface area contributed by atoms with E-state index in [1.54, 1.807) is 12.3 Å². The molecule has 0 aromatic carbocycles. The number of halogens is 2. The Morgan fingerprint density at radius 2 is 2.31 bits per heavy atom. The van der Waals surface area contributed by atoms with E-state index in [2.05, 4.69) is 15.9 Å². The molecule has 0 N–H and O–H groups in total. The highest BCUT2D eigenvalue weighted by atomic mass is 79.9. The maximum Gasteiger partial charge on any atom is 0.264 e. The van der Waals surface area contributed by atoms with Crippen molar-refractivity contribution in [2.75, 3.05) is 6.67 Å². The standard InChI is InChI=1S/C9H11BrFNO/c1-7-5-8(10)9(13)12(6-7)4-2-3-11/h5-6H,2-4H2,1H3. The molecule has 0 saturated carbocycles. The number of aryl methyl sites for hydroxylation is 2. The fourth-order valence-corrected chi connectivity index (χ4v) is 1.73. The molecular formula is C9H11BrFNO. The van der Waals surface area contributed by atoms with Gasteiger partial charge in [-0.05, 0) is 40.9 Å². The van der Waals surface area contributed by atoms with Crippen LogP contribution in [0.2, 0.25) is 0 Å². The fraction of sp³-hybridized carbons (Fsp3) is 0.444. The van der Waals surface area contributed by atoms with E-state index in [4.69, 9.17) is 0 Å². The highest BCUT2D eigenvalue weighted by Crippen LogP contribution is 2.05. The Morgan fingerprint density at radius 3 is 2.92 bits per heavy atom. The van der Waals surface area contributed by atoms with Crippen LogP contribution in [0.3, 0.4) is 0 Å². The van der Waals surface area contributed by atoms with Crippen LogP contribution in [-0.4, -0.2) is 11.2 Å². The second-order valence-corrected chi connectivity index (χ2v) is 3.76. The lowest BCUT2D eigenvalue weighted by Crippen LogP contribution is -2.20. The number of hydrogen-bond acceptors (Lipinski definition) is 1. The molecule has 1 aromatic heterocycles. The van der Waals surface area contributed by atoms with Crippen LogP contribution in [-0.2, 0) is 6.54 Å². The summed E-state index contributed by atoms with van der Waals surface area (Å²) in [5, 5.41) is 0. The zero-order chi connectivity index (χ0) is 9.84. The third-order valence-corrected chi connectivity index (χ3v) is 2.28. The van der Waals surface area contributed by atoms with Crippen LogP contribution in [0.25, 0.3) is 0 Å². The first-order valence-electron chi connectivity index (χ1n) is 4.07. The van der Waals surface area contributed by atoms with Gasteiger partial charge in [-0.1, -0.05) is 0 Å². The molecule has 2 nitrogen and oxygen atoms in total. The minimum absolute atomic E-state index is 0.0981. The van der Waals surface area contributed by atoms with E-state index in [0.717, 1.165) is 5.56 Å². The van der Waals surface area contributed by atoms with Crippen molar-refractivity contribution >= 4 is 15.9 Å². The van der Waals surface area contributed by atoms with Crippen LogP contribution in [0, 0.1) is 6.92 Å². The van der Waals surface area contributed by atoms with Crippen LogP contribution in [0.1, 0.15) is 12.0 Å². The quantitative estimate of drug-likeness (QED) is 0.804. The first-order chi connectivity index (χ1) is 6.15. The first-order valence-corrected chi connectivity index (χ1v) is 4.87.